The lowest BCUT2D eigenvalue weighted by atomic mass is 9.68. The van der Waals surface area contributed by atoms with E-state index in [2.05, 4.69) is 14.7 Å². The number of rotatable bonds is 6. The van der Waals surface area contributed by atoms with Crippen LogP contribution in [0.5, 0.6) is 5.75 Å². The quantitative estimate of drug-likeness (QED) is 0.508. The number of aromatic amines is 1. The monoisotopic (exact) mass is 386 g/mol. The maximum Gasteiger partial charge on any atom is 0.552 e. The molecule has 0 unspecified atom stereocenters. The smallest absolute Gasteiger partial charge is 0.531 e. The zero-order valence-corrected chi connectivity index (χ0v) is 15.4. The molecule has 8 nitrogen and oxygen atoms in total. The summed E-state index contributed by atoms with van der Waals surface area (Å²) in [7, 11) is -4.41. The fourth-order valence-corrected chi connectivity index (χ4v) is 5.08. The van der Waals surface area contributed by atoms with Crippen molar-refractivity contribution in [3.8, 4) is 11.8 Å². The van der Waals surface area contributed by atoms with Crippen LogP contribution in [0, 0.1) is 17.2 Å². The molecule has 2 aliphatic rings. The summed E-state index contributed by atoms with van der Waals surface area (Å²) < 4.78 is 32.3. The summed E-state index contributed by atoms with van der Waals surface area (Å²) in [6, 6.07) is 3.75. The largest absolute Gasteiger partial charge is 0.552 e. The summed E-state index contributed by atoms with van der Waals surface area (Å²) in [6.07, 6.45) is 5.28. The second-order valence-corrected chi connectivity index (χ2v) is 8.80. The minimum absolute atomic E-state index is 0.0323. The zero-order chi connectivity index (χ0) is 19.0. The van der Waals surface area contributed by atoms with Crippen LogP contribution in [0.1, 0.15) is 31.2 Å². The number of allylic oxidation sites excluding steroid dienone is 1. The molecule has 140 valence electrons. The number of nitriles is 1. The predicted molar refractivity (Wildman–Crippen MR) is 101 cm³/mol. The van der Waals surface area contributed by atoms with Gasteiger partial charge in [0.25, 0.3) is 0 Å². The number of unbranched alkanes of at least 4 members (excludes halogenated alkanes) is 1. The van der Waals surface area contributed by atoms with Crippen molar-refractivity contribution in [3.05, 3.63) is 30.0 Å². The van der Waals surface area contributed by atoms with E-state index >= 15 is 0 Å². The maximum absolute atomic E-state index is 12.1. The van der Waals surface area contributed by atoms with Crippen molar-refractivity contribution in [3.63, 3.8) is 0 Å². The van der Waals surface area contributed by atoms with Gasteiger partial charge in [-0.2, -0.15) is 5.26 Å². The Kier molecular flexibility index (Phi) is 4.67. The predicted octanol–water partition coefficient (Wildman–Crippen LogP) is 1.36. The number of pyridine rings is 1. The molecule has 0 atom stereocenters. The molecule has 0 saturated heterocycles. The Balaban J connectivity index is 1.49. The van der Waals surface area contributed by atoms with Gasteiger partial charge < -0.3 is 14.7 Å². The molecule has 27 heavy (non-hydrogen) atoms. The molecule has 1 saturated carbocycles. The fraction of sp³-hybridized carbons (Fsp3) is 0.412. The molecule has 0 aromatic carbocycles. The van der Waals surface area contributed by atoms with E-state index in [0.717, 1.165) is 22.2 Å². The lowest BCUT2D eigenvalue weighted by Crippen LogP contribution is -2.45. The summed E-state index contributed by atoms with van der Waals surface area (Å²) in [6.45, 7) is 0. The first-order chi connectivity index (χ1) is 13.0. The third-order valence-corrected chi connectivity index (χ3v) is 6.55. The normalized spacial score (nSPS) is 21.8. The van der Waals surface area contributed by atoms with Crippen molar-refractivity contribution >= 4 is 33.7 Å². The first kappa shape index (κ1) is 18.0. The Morgan fingerprint density at radius 3 is 3.07 bits per heavy atom. The van der Waals surface area contributed by atoms with Crippen LogP contribution in [0.2, 0.25) is 0 Å². The molecule has 3 N–H and O–H groups in total. The van der Waals surface area contributed by atoms with Gasteiger partial charge in [0, 0.05) is 29.6 Å². The zero-order valence-electron chi connectivity index (χ0n) is 14.6. The summed E-state index contributed by atoms with van der Waals surface area (Å²) in [5.41, 5.74) is 2.62. The Labute approximate surface area is 157 Å². The highest BCUT2D eigenvalue weighted by Crippen LogP contribution is 2.46. The highest BCUT2D eigenvalue weighted by Gasteiger charge is 2.38. The van der Waals surface area contributed by atoms with E-state index in [9.17, 15) is 13.4 Å². The number of aromatic nitrogens is 2. The number of nitrogens with zero attached hydrogens (tertiary/aromatic N) is 2. The van der Waals surface area contributed by atoms with Gasteiger partial charge in [-0.1, -0.05) is 0 Å². The molecule has 0 bridgehead atoms. The van der Waals surface area contributed by atoms with Crippen LogP contribution in [0.15, 0.2) is 24.4 Å². The van der Waals surface area contributed by atoms with Crippen LogP contribution >= 0.6 is 0 Å². The van der Waals surface area contributed by atoms with E-state index in [1.54, 1.807) is 18.4 Å². The number of fused-ring (bicyclic) bond motifs is 3. The highest BCUT2D eigenvalue weighted by atomic mass is 32.2. The van der Waals surface area contributed by atoms with E-state index in [1.165, 1.54) is 0 Å². The fourth-order valence-electron chi connectivity index (χ4n) is 3.74. The molecule has 1 aliphatic carbocycles. The van der Waals surface area contributed by atoms with Gasteiger partial charge in [-0.3, -0.25) is 0 Å². The third kappa shape index (κ3) is 3.58. The van der Waals surface area contributed by atoms with Gasteiger partial charge in [-0.15, -0.1) is 0 Å². The number of hydrogen-bond donors (Lipinski definition) is 3. The molecular formula is C17H19BN4O4S. The van der Waals surface area contributed by atoms with Crippen LogP contribution in [-0.2, 0) is 10.0 Å². The lowest BCUT2D eigenvalue weighted by molar-refractivity contribution is 0.308. The second-order valence-electron chi connectivity index (χ2n) is 6.93. The van der Waals surface area contributed by atoms with Crippen molar-refractivity contribution in [2.24, 2.45) is 5.92 Å². The van der Waals surface area contributed by atoms with Gasteiger partial charge >= 0.3 is 7.12 Å². The molecule has 0 amide bonds. The van der Waals surface area contributed by atoms with Crippen molar-refractivity contribution in [2.45, 2.75) is 31.7 Å². The molecule has 1 aliphatic heterocycles. The molecular weight excluding hydrogens is 367 g/mol. The molecule has 0 spiro atoms. The first-order valence-electron chi connectivity index (χ1n) is 8.86. The Bertz CT molecular complexity index is 1040. The summed E-state index contributed by atoms with van der Waals surface area (Å²) in [5, 5.41) is 19.5. The standard InChI is InChI=1S/C17H19BN4O4S/c19-4-1-2-6-27(24,25)22-12-7-11(8-12)14-9-18(23)26-15-10-21-17-13(16(14)15)3-5-20-17/h3,5,9-12,22-23H,1-2,6-8H2,(H,20,21). The van der Waals surface area contributed by atoms with E-state index in [4.69, 9.17) is 9.92 Å². The van der Waals surface area contributed by atoms with Crippen LogP contribution in [0.4, 0.5) is 0 Å². The highest BCUT2D eigenvalue weighted by molar-refractivity contribution is 7.89. The molecule has 2 aromatic rings. The van der Waals surface area contributed by atoms with Gasteiger partial charge in [0.15, 0.2) is 0 Å². The third-order valence-electron chi connectivity index (χ3n) is 5.04. The maximum atomic E-state index is 12.1. The Hall–Kier alpha value is -2.35. The van der Waals surface area contributed by atoms with Gasteiger partial charge in [-0.05, 0) is 42.8 Å². The number of sulfonamides is 1. The van der Waals surface area contributed by atoms with E-state index in [-0.39, 0.29) is 24.1 Å². The van der Waals surface area contributed by atoms with E-state index in [0.29, 0.717) is 25.0 Å². The number of H-pyrrole nitrogens is 1. The average Bonchev–Trinajstić information content (AvgIpc) is 3.05. The summed E-state index contributed by atoms with van der Waals surface area (Å²) >= 11 is 0. The topological polar surface area (TPSA) is 128 Å². The van der Waals surface area contributed by atoms with Gasteiger partial charge in [0.1, 0.15) is 11.4 Å². The number of hydrogen-bond acceptors (Lipinski definition) is 6. The Morgan fingerprint density at radius 2 is 2.30 bits per heavy atom. The lowest BCUT2D eigenvalue weighted by Gasteiger charge is -2.39. The van der Waals surface area contributed by atoms with E-state index < -0.39 is 17.1 Å². The van der Waals surface area contributed by atoms with Crippen molar-refractivity contribution in [1.29, 1.82) is 5.26 Å². The van der Waals surface area contributed by atoms with Crippen molar-refractivity contribution < 1.29 is 18.1 Å². The Morgan fingerprint density at radius 1 is 1.48 bits per heavy atom. The second kappa shape index (κ2) is 7.00. The summed E-state index contributed by atoms with van der Waals surface area (Å²) in [4.78, 5) is 7.36. The van der Waals surface area contributed by atoms with E-state index in [1.807, 2.05) is 12.1 Å². The molecule has 0 radical (unpaired) electrons. The van der Waals surface area contributed by atoms with Crippen LogP contribution in [0.3, 0.4) is 0 Å². The summed E-state index contributed by atoms with van der Waals surface area (Å²) in [5.74, 6) is 2.33. The SMILES string of the molecule is N#CCCCS(=O)(=O)NC1CC(C2=CB(O)Oc3cnc4[nH]ccc4c32)C1. The van der Waals surface area contributed by atoms with Gasteiger partial charge in [0.2, 0.25) is 10.0 Å². The molecule has 1 fully saturated rings. The first-order valence-corrected chi connectivity index (χ1v) is 10.5. The molecule has 10 heteroatoms. The van der Waals surface area contributed by atoms with Crippen LogP contribution in [0.25, 0.3) is 16.6 Å². The van der Waals surface area contributed by atoms with Crippen LogP contribution in [-0.4, -0.2) is 42.3 Å². The molecule has 2 aromatic heterocycles. The average molecular weight is 386 g/mol. The van der Waals surface area contributed by atoms with Crippen molar-refractivity contribution in [1.82, 2.24) is 14.7 Å². The minimum atomic E-state index is -3.37. The molecule has 3 heterocycles. The number of nitrogens with one attached hydrogen (secondary N) is 2. The van der Waals surface area contributed by atoms with Gasteiger partial charge in [0.05, 0.1) is 18.0 Å². The molecule has 4 rings (SSSR count). The van der Waals surface area contributed by atoms with Crippen LogP contribution < -0.4 is 9.38 Å². The van der Waals surface area contributed by atoms with Crippen molar-refractivity contribution in [2.75, 3.05) is 5.75 Å². The van der Waals surface area contributed by atoms with Gasteiger partial charge in [-0.25, -0.2) is 18.1 Å². The minimum Gasteiger partial charge on any atom is -0.531 e.